The molecule has 0 saturated heterocycles. The van der Waals surface area contributed by atoms with Crippen molar-refractivity contribution in [3.05, 3.63) is 26.7 Å². The Morgan fingerprint density at radius 2 is 1.77 bits per heavy atom. The van der Waals surface area contributed by atoms with Crippen LogP contribution in [-0.4, -0.2) is 8.42 Å². The quantitative estimate of drug-likeness (QED) is 0.583. The Labute approximate surface area is 98.3 Å². The third-order valence-electron chi connectivity index (χ3n) is 1.26. The predicted molar refractivity (Wildman–Crippen MR) is 57.2 cm³/mol. The van der Waals surface area contributed by atoms with E-state index in [9.17, 15) is 8.42 Å². The summed E-state index contributed by atoms with van der Waals surface area (Å²) in [5.41, 5.74) is 0. The van der Waals surface area contributed by atoms with Gasteiger partial charge in [0.05, 0.1) is 14.5 Å². The maximum atomic E-state index is 10.9. The molecule has 0 aliphatic rings. The van der Waals surface area contributed by atoms with Crippen molar-refractivity contribution in [1.29, 1.82) is 0 Å². The normalized spacial score (nSPS) is 11.7. The lowest BCUT2D eigenvalue weighted by molar-refractivity contribution is 0.609. The molecule has 0 radical (unpaired) electrons. The molecule has 0 fully saturated rings. The number of hydrogen-bond acceptors (Lipinski definition) is 2. The molecule has 0 spiro atoms. The molecule has 1 rings (SSSR count). The molecule has 0 atom stereocenters. The van der Waals surface area contributed by atoms with Crippen LogP contribution in [0.3, 0.4) is 0 Å². The van der Waals surface area contributed by atoms with Crippen LogP contribution in [0, 0.1) is 0 Å². The first-order valence-corrected chi connectivity index (χ1v) is 6.78. The summed E-state index contributed by atoms with van der Waals surface area (Å²) in [6.45, 7) is 0. The van der Waals surface area contributed by atoms with Crippen molar-refractivity contribution in [3.63, 3.8) is 0 Å². The van der Waals surface area contributed by atoms with Gasteiger partial charge in [-0.05, 0) is 28.1 Å². The number of benzene rings is 1. The lowest BCUT2D eigenvalue weighted by atomic mass is 10.4. The van der Waals surface area contributed by atoms with E-state index < -0.39 is 9.05 Å². The third-order valence-corrected chi connectivity index (χ3v) is 4.73. The number of rotatable bonds is 1. The minimum atomic E-state index is -3.82. The van der Waals surface area contributed by atoms with Gasteiger partial charge in [-0.2, -0.15) is 0 Å². The van der Waals surface area contributed by atoms with Gasteiger partial charge in [-0.25, -0.2) is 8.42 Å². The first-order valence-electron chi connectivity index (χ1n) is 2.92. The van der Waals surface area contributed by atoms with Crippen LogP contribution in [0.2, 0.25) is 10.0 Å². The number of halogens is 4. The summed E-state index contributed by atoms with van der Waals surface area (Å²) in [4.78, 5) is -0.160. The Bertz CT molecular complexity index is 443. The van der Waals surface area contributed by atoms with Gasteiger partial charge in [-0.3, -0.25) is 0 Å². The van der Waals surface area contributed by atoms with E-state index in [1.165, 1.54) is 12.1 Å². The van der Waals surface area contributed by atoms with E-state index in [0.29, 0.717) is 9.50 Å². The van der Waals surface area contributed by atoms with E-state index in [1.807, 2.05) is 0 Å². The summed E-state index contributed by atoms with van der Waals surface area (Å²) in [5, 5.41) is 0.316. The van der Waals surface area contributed by atoms with Crippen LogP contribution in [0.4, 0.5) is 0 Å². The van der Waals surface area contributed by atoms with Crippen molar-refractivity contribution < 1.29 is 8.42 Å². The Morgan fingerprint density at radius 3 is 2.23 bits per heavy atom. The molecule has 0 N–H and O–H groups in total. The molecule has 0 bridgehead atoms. The van der Waals surface area contributed by atoms with E-state index in [-0.39, 0.29) is 9.92 Å². The van der Waals surface area contributed by atoms with Crippen molar-refractivity contribution in [3.8, 4) is 0 Å². The summed E-state index contributed by atoms with van der Waals surface area (Å²) < 4.78 is 22.2. The molecule has 13 heavy (non-hydrogen) atoms. The minimum Gasteiger partial charge on any atom is -0.207 e. The van der Waals surface area contributed by atoms with Crippen LogP contribution in [0.15, 0.2) is 21.5 Å². The molecule has 0 aliphatic carbocycles. The van der Waals surface area contributed by atoms with Crippen molar-refractivity contribution in [2.75, 3.05) is 0 Å². The lowest BCUT2D eigenvalue weighted by Gasteiger charge is -2.03. The molecule has 1 aromatic rings. The molecule has 0 amide bonds. The van der Waals surface area contributed by atoms with Gasteiger partial charge in [-0.1, -0.05) is 23.2 Å². The monoisotopic (exact) mass is 322 g/mol. The Kier molecular flexibility index (Phi) is 3.52. The average molecular weight is 324 g/mol. The van der Waals surface area contributed by atoms with Crippen LogP contribution in [0.5, 0.6) is 0 Å². The second-order valence-corrected chi connectivity index (χ2v) is 6.22. The highest BCUT2D eigenvalue weighted by Gasteiger charge is 2.17. The molecular formula is C6H2BrCl3O2S. The molecule has 0 saturated carbocycles. The van der Waals surface area contributed by atoms with E-state index in [2.05, 4.69) is 15.9 Å². The zero-order valence-electron chi connectivity index (χ0n) is 5.89. The molecule has 0 aromatic heterocycles. The highest BCUT2D eigenvalue weighted by atomic mass is 79.9. The topological polar surface area (TPSA) is 34.1 Å². The van der Waals surface area contributed by atoms with Crippen LogP contribution in [-0.2, 0) is 9.05 Å². The van der Waals surface area contributed by atoms with Crippen LogP contribution >= 0.6 is 49.8 Å². The molecule has 7 heteroatoms. The zero-order valence-corrected chi connectivity index (χ0v) is 10.6. The lowest BCUT2D eigenvalue weighted by Crippen LogP contribution is -1.92. The standard InChI is InChI=1S/C6H2BrCl3O2S/c7-5-3(8)1-2-4(6(5)9)13(10,11)12/h1-2H. The highest BCUT2D eigenvalue weighted by Crippen LogP contribution is 2.36. The van der Waals surface area contributed by atoms with E-state index in [1.54, 1.807) is 0 Å². The van der Waals surface area contributed by atoms with E-state index in [4.69, 9.17) is 33.9 Å². The fraction of sp³-hybridized carbons (Fsp3) is 0. The van der Waals surface area contributed by atoms with E-state index in [0.717, 1.165) is 0 Å². The maximum Gasteiger partial charge on any atom is 0.262 e. The van der Waals surface area contributed by atoms with Crippen molar-refractivity contribution >= 4 is 58.9 Å². The van der Waals surface area contributed by atoms with Gasteiger partial charge < -0.3 is 0 Å². The van der Waals surface area contributed by atoms with Crippen molar-refractivity contribution in [2.45, 2.75) is 4.90 Å². The summed E-state index contributed by atoms with van der Waals surface area (Å²) in [6, 6.07) is 2.64. The SMILES string of the molecule is O=S(=O)(Cl)c1ccc(Cl)c(Br)c1Cl. The fourth-order valence-corrected chi connectivity index (χ4v) is 2.90. The largest absolute Gasteiger partial charge is 0.262 e. The Hall–Kier alpha value is 0.520. The minimum absolute atomic E-state index is 0.0116. The molecule has 0 unspecified atom stereocenters. The molecular weight excluding hydrogens is 322 g/mol. The van der Waals surface area contributed by atoms with Gasteiger partial charge in [0, 0.05) is 10.7 Å². The van der Waals surface area contributed by atoms with Crippen LogP contribution in [0.1, 0.15) is 0 Å². The summed E-state index contributed by atoms with van der Waals surface area (Å²) >= 11 is 14.4. The first kappa shape index (κ1) is 11.6. The Balaban J connectivity index is 3.53. The smallest absolute Gasteiger partial charge is 0.207 e. The molecule has 72 valence electrons. The third kappa shape index (κ3) is 2.50. The van der Waals surface area contributed by atoms with Gasteiger partial charge >= 0.3 is 0 Å². The predicted octanol–water partition coefficient (Wildman–Crippen LogP) is 3.68. The molecule has 0 aliphatic heterocycles. The molecule has 2 nitrogen and oxygen atoms in total. The maximum absolute atomic E-state index is 10.9. The van der Waals surface area contributed by atoms with Crippen LogP contribution < -0.4 is 0 Å². The van der Waals surface area contributed by atoms with Gasteiger partial charge in [0.15, 0.2) is 0 Å². The van der Waals surface area contributed by atoms with Crippen molar-refractivity contribution in [1.82, 2.24) is 0 Å². The summed E-state index contributed by atoms with van der Waals surface area (Å²) in [5.74, 6) is 0. The van der Waals surface area contributed by atoms with Gasteiger partial charge in [0.2, 0.25) is 0 Å². The molecule has 0 heterocycles. The summed E-state index contributed by atoms with van der Waals surface area (Å²) in [7, 11) is 1.29. The fourth-order valence-electron chi connectivity index (χ4n) is 0.696. The Morgan fingerprint density at radius 1 is 1.23 bits per heavy atom. The number of hydrogen-bond donors (Lipinski definition) is 0. The van der Waals surface area contributed by atoms with Crippen molar-refractivity contribution in [2.24, 2.45) is 0 Å². The second-order valence-electron chi connectivity index (χ2n) is 2.11. The summed E-state index contributed by atoms with van der Waals surface area (Å²) in [6.07, 6.45) is 0. The second kappa shape index (κ2) is 3.95. The highest BCUT2D eigenvalue weighted by molar-refractivity contribution is 9.10. The molecule has 1 aromatic carbocycles. The van der Waals surface area contributed by atoms with Crippen LogP contribution in [0.25, 0.3) is 0 Å². The van der Waals surface area contributed by atoms with Gasteiger partial charge in [-0.15, -0.1) is 0 Å². The first-order chi connectivity index (χ1) is 5.84. The average Bonchev–Trinajstić information content (AvgIpc) is 1.98. The van der Waals surface area contributed by atoms with Gasteiger partial charge in [0.1, 0.15) is 4.90 Å². The van der Waals surface area contributed by atoms with E-state index >= 15 is 0 Å². The zero-order chi connectivity index (χ0) is 10.2. The van der Waals surface area contributed by atoms with Gasteiger partial charge in [0.25, 0.3) is 9.05 Å².